The van der Waals surface area contributed by atoms with E-state index in [0.717, 1.165) is 35.9 Å². The first-order chi connectivity index (χ1) is 9.19. The number of unbranched alkanes of at least 4 members (excludes halogenated alkanes) is 1. The number of carbonyl (C=O) groups is 1. The van der Waals surface area contributed by atoms with Gasteiger partial charge < -0.3 is 0 Å². The van der Waals surface area contributed by atoms with Gasteiger partial charge in [-0.05, 0) is 19.3 Å². The summed E-state index contributed by atoms with van der Waals surface area (Å²) < 4.78 is 0. The molecular weight excluding hydrogens is 256 g/mol. The standard InChI is InChI=1S/C15H24N2OS/c1-3-4-9-17-15(19-12(2)16-17)11-14(18)10-13-7-5-6-8-13/h11,13H,3-10H2,1-2H3. The fourth-order valence-corrected chi connectivity index (χ4v) is 3.58. The zero-order valence-corrected chi connectivity index (χ0v) is 12.8. The zero-order valence-electron chi connectivity index (χ0n) is 12.0. The van der Waals surface area contributed by atoms with E-state index >= 15 is 0 Å². The summed E-state index contributed by atoms with van der Waals surface area (Å²) in [4.78, 5) is 12.1. The van der Waals surface area contributed by atoms with E-state index in [1.807, 2.05) is 18.0 Å². The smallest absolute Gasteiger partial charge is 0.158 e. The Kier molecular flexibility index (Phi) is 5.49. The molecule has 0 amide bonds. The van der Waals surface area contributed by atoms with E-state index < -0.39 is 0 Å². The summed E-state index contributed by atoms with van der Waals surface area (Å²) in [6, 6.07) is 0. The maximum absolute atomic E-state index is 12.1. The Labute approximate surface area is 120 Å². The molecular formula is C15H24N2OS. The first-order valence-corrected chi connectivity index (χ1v) is 8.26. The number of rotatable bonds is 6. The molecule has 2 aliphatic rings. The Morgan fingerprint density at radius 3 is 2.89 bits per heavy atom. The maximum Gasteiger partial charge on any atom is 0.158 e. The van der Waals surface area contributed by atoms with Crippen molar-refractivity contribution in [3.63, 3.8) is 0 Å². The third-order valence-corrected chi connectivity index (χ3v) is 4.66. The first kappa shape index (κ1) is 14.6. The lowest BCUT2D eigenvalue weighted by Gasteiger charge is -2.14. The molecule has 0 aromatic rings. The van der Waals surface area contributed by atoms with Crippen molar-refractivity contribution < 1.29 is 4.79 Å². The summed E-state index contributed by atoms with van der Waals surface area (Å²) >= 11 is 1.63. The van der Waals surface area contributed by atoms with Crippen molar-refractivity contribution in [1.82, 2.24) is 5.01 Å². The average Bonchev–Trinajstić information content (AvgIpc) is 2.97. The van der Waals surface area contributed by atoms with E-state index in [0.29, 0.717) is 5.92 Å². The van der Waals surface area contributed by atoms with Gasteiger partial charge in [0.15, 0.2) is 5.78 Å². The first-order valence-electron chi connectivity index (χ1n) is 7.44. The lowest BCUT2D eigenvalue weighted by atomic mass is 10.0. The molecule has 106 valence electrons. The minimum Gasteiger partial charge on any atom is -0.295 e. The van der Waals surface area contributed by atoms with Crippen LogP contribution in [0.15, 0.2) is 16.2 Å². The Bertz CT molecular complexity index is 384. The van der Waals surface area contributed by atoms with Crippen molar-refractivity contribution in [2.24, 2.45) is 11.0 Å². The lowest BCUT2D eigenvalue weighted by Crippen LogP contribution is -2.14. The summed E-state index contributed by atoms with van der Waals surface area (Å²) in [6.45, 7) is 5.10. The predicted molar refractivity (Wildman–Crippen MR) is 82.0 cm³/mol. The van der Waals surface area contributed by atoms with Gasteiger partial charge in [-0.1, -0.05) is 50.8 Å². The summed E-state index contributed by atoms with van der Waals surface area (Å²) in [5.41, 5.74) is 0. The summed E-state index contributed by atoms with van der Waals surface area (Å²) in [5.74, 6) is 0.905. The number of hydrogen-bond donors (Lipinski definition) is 0. The molecule has 0 unspecified atom stereocenters. The molecule has 1 heterocycles. The Morgan fingerprint density at radius 1 is 1.47 bits per heavy atom. The number of nitrogens with zero attached hydrogens (tertiary/aromatic N) is 2. The Hall–Kier alpha value is -0.770. The molecule has 4 heteroatoms. The molecule has 1 aliphatic carbocycles. The van der Waals surface area contributed by atoms with Crippen LogP contribution in [0.3, 0.4) is 0 Å². The van der Waals surface area contributed by atoms with Gasteiger partial charge >= 0.3 is 0 Å². The molecule has 0 atom stereocenters. The SMILES string of the molecule is CCCCN1N=C(C)SC1=CC(=O)CC1CCCC1. The quantitative estimate of drug-likeness (QED) is 0.685. The number of thioether (sulfide) groups is 1. The van der Waals surface area contributed by atoms with Gasteiger partial charge in [0.25, 0.3) is 0 Å². The lowest BCUT2D eigenvalue weighted by molar-refractivity contribution is -0.115. The van der Waals surface area contributed by atoms with E-state index in [1.54, 1.807) is 11.8 Å². The van der Waals surface area contributed by atoms with Crippen molar-refractivity contribution in [1.29, 1.82) is 0 Å². The summed E-state index contributed by atoms with van der Waals surface area (Å²) in [5, 5.41) is 8.54. The highest BCUT2D eigenvalue weighted by Gasteiger charge is 2.21. The van der Waals surface area contributed by atoms with Gasteiger partial charge in [-0.25, -0.2) is 0 Å². The van der Waals surface area contributed by atoms with Gasteiger partial charge in [0.1, 0.15) is 5.03 Å². The van der Waals surface area contributed by atoms with Crippen LogP contribution in [0.4, 0.5) is 0 Å². The average molecular weight is 280 g/mol. The van der Waals surface area contributed by atoms with Gasteiger partial charge in [0, 0.05) is 19.0 Å². The van der Waals surface area contributed by atoms with Crippen molar-refractivity contribution in [3.8, 4) is 0 Å². The second kappa shape index (κ2) is 7.13. The van der Waals surface area contributed by atoms with Gasteiger partial charge in [-0.15, -0.1) is 0 Å². The molecule has 0 radical (unpaired) electrons. The van der Waals surface area contributed by atoms with E-state index in [4.69, 9.17) is 0 Å². The molecule has 0 aromatic heterocycles. The van der Waals surface area contributed by atoms with Crippen molar-refractivity contribution in [3.05, 3.63) is 11.1 Å². The molecule has 3 nitrogen and oxygen atoms in total. The molecule has 2 rings (SSSR count). The van der Waals surface area contributed by atoms with E-state index in [1.165, 1.54) is 25.7 Å². The van der Waals surface area contributed by atoms with Gasteiger partial charge in [0.2, 0.25) is 0 Å². The molecule has 1 saturated carbocycles. The van der Waals surface area contributed by atoms with Gasteiger partial charge in [-0.3, -0.25) is 9.80 Å². The number of carbonyl (C=O) groups excluding carboxylic acids is 1. The van der Waals surface area contributed by atoms with Crippen LogP contribution in [0.2, 0.25) is 0 Å². The summed E-state index contributed by atoms with van der Waals surface area (Å²) in [7, 11) is 0. The third kappa shape index (κ3) is 4.37. The Balaban J connectivity index is 1.90. The van der Waals surface area contributed by atoms with Crippen LogP contribution in [-0.4, -0.2) is 22.4 Å². The summed E-state index contributed by atoms with van der Waals surface area (Å²) in [6.07, 6.45) is 9.88. The van der Waals surface area contributed by atoms with E-state index in [-0.39, 0.29) is 5.78 Å². The highest BCUT2D eigenvalue weighted by molar-refractivity contribution is 8.17. The van der Waals surface area contributed by atoms with Crippen molar-refractivity contribution in [2.45, 2.75) is 58.8 Å². The fraction of sp³-hybridized carbons (Fsp3) is 0.733. The van der Waals surface area contributed by atoms with Crippen LogP contribution in [-0.2, 0) is 4.79 Å². The van der Waals surface area contributed by atoms with Crippen LogP contribution >= 0.6 is 11.8 Å². The van der Waals surface area contributed by atoms with Crippen molar-refractivity contribution in [2.75, 3.05) is 6.54 Å². The molecule has 0 saturated heterocycles. The second-order valence-electron chi connectivity index (χ2n) is 5.50. The third-order valence-electron chi connectivity index (χ3n) is 3.74. The van der Waals surface area contributed by atoms with Crippen LogP contribution < -0.4 is 0 Å². The molecule has 1 fully saturated rings. The predicted octanol–water partition coefficient (Wildman–Crippen LogP) is 4.16. The molecule has 19 heavy (non-hydrogen) atoms. The van der Waals surface area contributed by atoms with Crippen LogP contribution in [0.5, 0.6) is 0 Å². The zero-order chi connectivity index (χ0) is 13.7. The number of ketones is 1. The van der Waals surface area contributed by atoms with Crippen LogP contribution in [0, 0.1) is 5.92 Å². The molecule has 0 spiro atoms. The van der Waals surface area contributed by atoms with Gasteiger partial charge in [-0.2, -0.15) is 5.10 Å². The monoisotopic (exact) mass is 280 g/mol. The minimum atomic E-state index is 0.279. The Morgan fingerprint density at radius 2 is 2.21 bits per heavy atom. The van der Waals surface area contributed by atoms with Crippen LogP contribution in [0.25, 0.3) is 0 Å². The molecule has 0 aromatic carbocycles. The highest BCUT2D eigenvalue weighted by Crippen LogP contribution is 2.32. The number of hydrogen-bond acceptors (Lipinski definition) is 4. The highest BCUT2D eigenvalue weighted by atomic mass is 32.2. The minimum absolute atomic E-state index is 0.279. The number of hydrazone groups is 1. The number of allylic oxidation sites excluding steroid dienone is 1. The molecule has 0 bridgehead atoms. The molecule has 0 N–H and O–H groups in total. The topological polar surface area (TPSA) is 32.7 Å². The van der Waals surface area contributed by atoms with Gasteiger partial charge in [0.05, 0.1) is 5.04 Å². The van der Waals surface area contributed by atoms with E-state index in [2.05, 4.69) is 12.0 Å². The molecule has 1 aliphatic heterocycles. The van der Waals surface area contributed by atoms with Crippen LogP contribution in [0.1, 0.15) is 58.8 Å². The van der Waals surface area contributed by atoms with Crippen molar-refractivity contribution >= 4 is 22.6 Å². The van der Waals surface area contributed by atoms with E-state index in [9.17, 15) is 4.79 Å². The second-order valence-corrected chi connectivity index (χ2v) is 6.71. The normalized spacial score (nSPS) is 22.3. The fourth-order valence-electron chi connectivity index (χ4n) is 2.71. The maximum atomic E-state index is 12.1. The largest absolute Gasteiger partial charge is 0.295 e.